The molecule has 1 aliphatic rings. The molecule has 11 nitrogen and oxygen atoms in total. The van der Waals surface area contributed by atoms with E-state index < -0.39 is 47.5 Å². The van der Waals surface area contributed by atoms with Crippen molar-refractivity contribution in [2.45, 2.75) is 31.5 Å². The highest BCUT2D eigenvalue weighted by atomic mass is 16.7. The first-order chi connectivity index (χ1) is 15.7. The van der Waals surface area contributed by atoms with Gasteiger partial charge in [-0.15, -0.1) is 0 Å². The third-order valence-corrected chi connectivity index (χ3v) is 5.05. The van der Waals surface area contributed by atoms with Gasteiger partial charge in [0.05, 0.1) is 0 Å². The Kier molecular flexibility index (Phi) is 5.85. The molecule has 0 radical (unpaired) electrons. The molecule has 1 aromatic heterocycles. The molecule has 0 amide bonds. The molecule has 5 N–H and O–H groups in total. The SMILES string of the molecule is CC(=O)OCC1OC(Oc2c(-c3ccc(O)cc3)oc3cc(O)cc(O)c3c2=O)C(O)C1O. The summed E-state index contributed by atoms with van der Waals surface area (Å²) in [4.78, 5) is 24.3. The van der Waals surface area contributed by atoms with Crippen molar-refractivity contribution in [2.24, 2.45) is 0 Å². The molecule has 0 aliphatic carbocycles. The van der Waals surface area contributed by atoms with E-state index in [1.54, 1.807) is 0 Å². The van der Waals surface area contributed by atoms with Crippen LogP contribution in [-0.4, -0.2) is 62.7 Å². The lowest BCUT2D eigenvalue weighted by molar-refractivity contribution is -0.151. The van der Waals surface area contributed by atoms with Crippen molar-refractivity contribution < 1.29 is 49.0 Å². The number of carbonyl (C=O) groups excluding carboxylic acids is 1. The first-order valence-corrected chi connectivity index (χ1v) is 9.79. The van der Waals surface area contributed by atoms with Gasteiger partial charge in [0.25, 0.3) is 0 Å². The molecular formula is C22H20O11. The van der Waals surface area contributed by atoms with Crippen LogP contribution in [-0.2, 0) is 14.3 Å². The Labute approximate surface area is 185 Å². The highest BCUT2D eigenvalue weighted by Gasteiger charge is 2.45. The molecule has 1 saturated heterocycles. The number of hydrogen-bond acceptors (Lipinski definition) is 11. The van der Waals surface area contributed by atoms with Crippen LogP contribution in [0.15, 0.2) is 45.6 Å². The Morgan fingerprint density at radius 2 is 1.73 bits per heavy atom. The number of rotatable bonds is 5. The minimum absolute atomic E-state index is 0.0503. The number of benzene rings is 2. The molecule has 11 heteroatoms. The third-order valence-electron chi connectivity index (χ3n) is 5.05. The Morgan fingerprint density at radius 1 is 1.03 bits per heavy atom. The van der Waals surface area contributed by atoms with E-state index in [9.17, 15) is 35.1 Å². The van der Waals surface area contributed by atoms with E-state index in [0.29, 0.717) is 0 Å². The average Bonchev–Trinajstić information content (AvgIpc) is 3.02. The van der Waals surface area contributed by atoms with Crippen LogP contribution in [0.1, 0.15) is 6.92 Å². The zero-order valence-electron chi connectivity index (χ0n) is 17.2. The number of ether oxygens (including phenoxy) is 3. The van der Waals surface area contributed by atoms with Gasteiger partial charge in [-0.05, 0) is 24.3 Å². The average molecular weight is 460 g/mol. The van der Waals surface area contributed by atoms with Gasteiger partial charge in [-0.2, -0.15) is 0 Å². The molecule has 2 aromatic carbocycles. The lowest BCUT2D eigenvalue weighted by Crippen LogP contribution is -2.36. The molecular weight excluding hydrogens is 440 g/mol. The summed E-state index contributed by atoms with van der Waals surface area (Å²) in [6.07, 6.45) is -5.76. The van der Waals surface area contributed by atoms with Gasteiger partial charge in [-0.1, -0.05) is 0 Å². The summed E-state index contributed by atoms with van der Waals surface area (Å²) in [7, 11) is 0. The molecule has 2 heterocycles. The zero-order chi connectivity index (χ0) is 23.9. The van der Waals surface area contributed by atoms with Crippen LogP contribution in [0.3, 0.4) is 0 Å². The number of hydrogen-bond donors (Lipinski definition) is 5. The number of carbonyl (C=O) groups is 1. The Morgan fingerprint density at radius 3 is 2.39 bits per heavy atom. The van der Waals surface area contributed by atoms with Crippen LogP contribution in [0, 0.1) is 0 Å². The minimum atomic E-state index is -1.61. The normalized spacial score (nSPS) is 22.4. The standard InChI is InChI=1S/C22H20O11/c1-9(23)30-8-15-17(27)19(29)22(32-15)33-21-18(28)16-13(26)6-12(25)7-14(16)31-20(21)10-2-4-11(24)5-3-10/h2-7,15,17,19,22,24-27,29H,8H2,1H3. The van der Waals surface area contributed by atoms with Crippen LogP contribution in [0.25, 0.3) is 22.3 Å². The van der Waals surface area contributed by atoms with Crippen molar-refractivity contribution in [3.05, 3.63) is 46.6 Å². The van der Waals surface area contributed by atoms with Crippen LogP contribution in [0.5, 0.6) is 23.0 Å². The second kappa shape index (κ2) is 8.62. The van der Waals surface area contributed by atoms with Crippen LogP contribution >= 0.6 is 0 Å². The second-order valence-corrected chi connectivity index (χ2v) is 7.42. The maximum absolute atomic E-state index is 13.2. The van der Waals surface area contributed by atoms with Gasteiger partial charge in [0.15, 0.2) is 5.76 Å². The van der Waals surface area contributed by atoms with Gasteiger partial charge in [0.1, 0.15) is 53.1 Å². The lowest BCUT2D eigenvalue weighted by atomic mass is 10.1. The van der Waals surface area contributed by atoms with Gasteiger partial charge < -0.3 is 44.2 Å². The number of aromatic hydroxyl groups is 3. The van der Waals surface area contributed by atoms with Crippen molar-refractivity contribution in [3.63, 3.8) is 0 Å². The Hall–Kier alpha value is -3.80. The fourth-order valence-corrected chi connectivity index (χ4v) is 3.44. The molecule has 4 atom stereocenters. The largest absolute Gasteiger partial charge is 0.508 e. The summed E-state index contributed by atoms with van der Waals surface area (Å²) in [5.74, 6) is -2.19. The molecule has 4 unspecified atom stereocenters. The van der Waals surface area contributed by atoms with Crippen LogP contribution < -0.4 is 10.2 Å². The predicted molar refractivity (Wildman–Crippen MR) is 111 cm³/mol. The fraction of sp³-hybridized carbons (Fsp3) is 0.273. The summed E-state index contributed by atoms with van der Waals surface area (Å²) in [5, 5.41) is 49.8. The van der Waals surface area contributed by atoms with E-state index in [1.165, 1.54) is 31.2 Å². The maximum atomic E-state index is 13.2. The summed E-state index contributed by atoms with van der Waals surface area (Å²) in [6.45, 7) is 0.810. The summed E-state index contributed by atoms with van der Waals surface area (Å²) in [6, 6.07) is 7.61. The predicted octanol–water partition coefficient (Wildman–Crippen LogP) is 0.965. The van der Waals surface area contributed by atoms with E-state index in [-0.39, 0.29) is 40.4 Å². The van der Waals surface area contributed by atoms with Crippen LogP contribution in [0.2, 0.25) is 0 Å². The van der Waals surface area contributed by atoms with Gasteiger partial charge in [0.2, 0.25) is 17.5 Å². The van der Waals surface area contributed by atoms with E-state index in [4.69, 9.17) is 18.6 Å². The number of phenolic OH excluding ortho intramolecular Hbond substituents is 3. The molecule has 0 saturated carbocycles. The maximum Gasteiger partial charge on any atom is 0.302 e. The van der Waals surface area contributed by atoms with E-state index in [2.05, 4.69) is 0 Å². The Bertz CT molecular complexity index is 1250. The second-order valence-electron chi connectivity index (χ2n) is 7.42. The van der Waals surface area contributed by atoms with Gasteiger partial charge >= 0.3 is 5.97 Å². The summed E-state index contributed by atoms with van der Waals surface area (Å²) >= 11 is 0. The fourth-order valence-electron chi connectivity index (χ4n) is 3.44. The molecule has 33 heavy (non-hydrogen) atoms. The molecule has 1 aliphatic heterocycles. The molecule has 0 spiro atoms. The highest BCUT2D eigenvalue weighted by molar-refractivity contribution is 5.88. The highest BCUT2D eigenvalue weighted by Crippen LogP contribution is 2.37. The lowest BCUT2D eigenvalue weighted by Gasteiger charge is -2.19. The number of aliphatic hydroxyl groups excluding tert-OH is 2. The smallest absolute Gasteiger partial charge is 0.302 e. The molecule has 3 aromatic rings. The third kappa shape index (κ3) is 4.29. The quantitative estimate of drug-likeness (QED) is 0.343. The van der Waals surface area contributed by atoms with Crippen LogP contribution in [0.4, 0.5) is 0 Å². The minimum Gasteiger partial charge on any atom is -0.508 e. The molecule has 0 bridgehead atoms. The van der Waals surface area contributed by atoms with E-state index in [0.717, 1.165) is 12.1 Å². The van der Waals surface area contributed by atoms with Crippen molar-refractivity contribution in [1.29, 1.82) is 0 Å². The van der Waals surface area contributed by atoms with Crippen molar-refractivity contribution >= 4 is 16.9 Å². The summed E-state index contributed by atoms with van der Waals surface area (Å²) in [5.41, 5.74) is -0.701. The van der Waals surface area contributed by atoms with E-state index in [1.807, 2.05) is 0 Å². The number of fused-ring (bicyclic) bond motifs is 1. The molecule has 174 valence electrons. The number of aliphatic hydroxyl groups is 2. The monoisotopic (exact) mass is 460 g/mol. The number of phenols is 3. The van der Waals surface area contributed by atoms with Gasteiger partial charge in [0, 0.05) is 24.6 Å². The molecule has 4 rings (SSSR count). The van der Waals surface area contributed by atoms with Crippen molar-refractivity contribution in [3.8, 4) is 34.3 Å². The van der Waals surface area contributed by atoms with Gasteiger partial charge in [-0.25, -0.2) is 0 Å². The summed E-state index contributed by atoms with van der Waals surface area (Å²) < 4.78 is 21.6. The van der Waals surface area contributed by atoms with Gasteiger partial charge in [-0.3, -0.25) is 9.59 Å². The molecule has 1 fully saturated rings. The topological polar surface area (TPSA) is 176 Å². The van der Waals surface area contributed by atoms with Crippen molar-refractivity contribution in [1.82, 2.24) is 0 Å². The first-order valence-electron chi connectivity index (χ1n) is 9.79. The number of esters is 1. The van der Waals surface area contributed by atoms with Crippen molar-refractivity contribution in [2.75, 3.05) is 6.61 Å². The van der Waals surface area contributed by atoms with E-state index >= 15 is 0 Å². The first kappa shape index (κ1) is 22.4. The zero-order valence-corrected chi connectivity index (χ0v) is 17.2. The Balaban J connectivity index is 1.79.